The van der Waals surface area contributed by atoms with Crippen molar-refractivity contribution in [2.75, 3.05) is 0 Å². The normalized spacial score (nSPS) is 11.9. The lowest BCUT2D eigenvalue weighted by molar-refractivity contribution is -0.155. The number of benzene rings is 4. The Balaban J connectivity index is 0.000000216. The van der Waals surface area contributed by atoms with Gasteiger partial charge in [0.05, 0.1) is 11.3 Å². The smallest absolute Gasteiger partial charge is 0.311 e. The third kappa shape index (κ3) is 7.29. The minimum absolute atomic E-state index is 0.0802. The Hall–Kier alpha value is -4.06. The van der Waals surface area contributed by atoms with E-state index in [1.54, 1.807) is 24.3 Å². The molecule has 6 nitrogen and oxygen atoms in total. The average molecular weight is 531 g/mol. The van der Waals surface area contributed by atoms with Crippen LogP contribution in [0.1, 0.15) is 58.6 Å². The number of aromatic hydroxyl groups is 2. The SMILES string of the molecule is CCC(C)(C)C(=O)OCc1cccc2c(O)cccc12.CCC(C)C(=O)OCc1cccc2c(O)cccc12. The van der Waals surface area contributed by atoms with Crippen LogP contribution in [-0.2, 0) is 32.3 Å². The molecule has 0 bridgehead atoms. The van der Waals surface area contributed by atoms with E-state index in [-0.39, 0.29) is 42.6 Å². The molecular weight excluding hydrogens is 492 g/mol. The van der Waals surface area contributed by atoms with Crippen LogP contribution in [0, 0.1) is 11.3 Å². The van der Waals surface area contributed by atoms with Crippen LogP contribution >= 0.6 is 0 Å². The first kappa shape index (κ1) is 29.5. The van der Waals surface area contributed by atoms with Crippen molar-refractivity contribution in [3.8, 4) is 11.5 Å². The zero-order valence-electron chi connectivity index (χ0n) is 23.4. The summed E-state index contributed by atoms with van der Waals surface area (Å²) in [5, 5.41) is 23.0. The average Bonchev–Trinajstić information content (AvgIpc) is 2.95. The van der Waals surface area contributed by atoms with Crippen LogP contribution in [0.25, 0.3) is 21.5 Å². The Morgan fingerprint density at radius 1 is 0.718 bits per heavy atom. The second-order valence-electron chi connectivity index (χ2n) is 10.3. The fourth-order valence-corrected chi connectivity index (χ4v) is 3.91. The Morgan fingerprint density at radius 2 is 1.15 bits per heavy atom. The first-order valence-corrected chi connectivity index (χ1v) is 13.3. The molecule has 39 heavy (non-hydrogen) atoms. The number of ether oxygens (including phenoxy) is 2. The second-order valence-corrected chi connectivity index (χ2v) is 10.3. The van der Waals surface area contributed by atoms with Gasteiger partial charge in [0.2, 0.25) is 0 Å². The highest BCUT2D eigenvalue weighted by Gasteiger charge is 2.27. The Bertz CT molecular complexity index is 1440. The lowest BCUT2D eigenvalue weighted by Crippen LogP contribution is -2.25. The summed E-state index contributed by atoms with van der Waals surface area (Å²) < 4.78 is 10.7. The van der Waals surface area contributed by atoms with Crippen molar-refractivity contribution in [2.45, 2.75) is 60.7 Å². The number of phenolic OH excluding ortho intramolecular Hbond substituents is 2. The van der Waals surface area contributed by atoms with E-state index < -0.39 is 5.41 Å². The van der Waals surface area contributed by atoms with Gasteiger partial charge in [0.25, 0.3) is 0 Å². The molecule has 1 atom stereocenters. The summed E-state index contributed by atoms with van der Waals surface area (Å²) >= 11 is 0. The number of fused-ring (bicyclic) bond motifs is 2. The van der Waals surface area contributed by atoms with E-state index in [9.17, 15) is 19.8 Å². The molecule has 2 N–H and O–H groups in total. The summed E-state index contributed by atoms with van der Waals surface area (Å²) in [6, 6.07) is 22.0. The van der Waals surface area contributed by atoms with Gasteiger partial charge in [-0.25, -0.2) is 0 Å². The number of hydrogen-bond donors (Lipinski definition) is 2. The van der Waals surface area contributed by atoms with E-state index in [0.29, 0.717) is 0 Å². The molecule has 4 aromatic rings. The molecule has 0 radical (unpaired) electrons. The van der Waals surface area contributed by atoms with Crippen molar-refractivity contribution in [3.05, 3.63) is 83.9 Å². The van der Waals surface area contributed by atoms with Crippen molar-refractivity contribution in [1.29, 1.82) is 0 Å². The maximum atomic E-state index is 12.0. The quantitative estimate of drug-likeness (QED) is 0.227. The van der Waals surface area contributed by atoms with E-state index in [1.807, 2.05) is 83.1 Å². The number of carbonyl (C=O) groups excluding carboxylic acids is 2. The van der Waals surface area contributed by atoms with Crippen molar-refractivity contribution < 1.29 is 29.3 Å². The summed E-state index contributed by atoms with van der Waals surface area (Å²) in [6.07, 6.45) is 1.51. The van der Waals surface area contributed by atoms with Gasteiger partial charge in [-0.2, -0.15) is 0 Å². The van der Waals surface area contributed by atoms with Gasteiger partial charge in [-0.15, -0.1) is 0 Å². The molecule has 6 heteroatoms. The van der Waals surface area contributed by atoms with Crippen LogP contribution in [0.4, 0.5) is 0 Å². The number of phenols is 2. The van der Waals surface area contributed by atoms with E-state index in [1.165, 1.54) is 0 Å². The Morgan fingerprint density at radius 3 is 1.62 bits per heavy atom. The monoisotopic (exact) mass is 530 g/mol. The summed E-state index contributed by atoms with van der Waals surface area (Å²) in [4.78, 5) is 23.7. The van der Waals surface area contributed by atoms with Crippen LogP contribution < -0.4 is 0 Å². The van der Waals surface area contributed by atoms with E-state index >= 15 is 0 Å². The summed E-state index contributed by atoms with van der Waals surface area (Å²) in [6.45, 7) is 10.0. The van der Waals surface area contributed by atoms with Crippen molar-refractivity contribution in [3.63, 3.8) is 0 Å². The molecule has 0 aliphatic heterocycles. The van der Waals surface area contributed by atoms with Gasteiger partial charge in [-0.3, -0.25) is 9.59 Å². The molecule has 0 spiro atoms. The maximum Gasteiger partial charge on any atom is 0.311 e. The van der Waals surface area contributed by atoms with Crippen molar-refractivity contribution in [2.24, 2.45) is 11.3 Å². The topological polar surface area (TPSA) is 93.1 Å². The number of rotatable bonds is 8. The first-order chi connectivity index (χ1) is 18.6. The van der Waals surface area contributed by atoms with E-state index in [2.05, 4.69) is 0 Å². The van der Waals surface area contributed by atoms with Crippen molar-refractivity contribution in [1.82, 2.24) is 0 Å². The largest absolute Gasteiger partial charge is 0.507 e. The summed E-state index contributed by atoms with van der Waals surface area (Å²) in [5.74, 6) is 0.0253. The molecule has 206 valence electrons. The third-order valence-corrected chi connectivity index (χ3v) is 7.16. The molecule has 4 aromatic carbocycles. The Labute approximate surface area is 230 Å². The van der Waals surface area contributed by atoms with Crippen LogP contribution in [0.5, 0.6) is 11.5 Å². The predicted molar refractivity (Wildman–Crippen MR) is 154 cm³/mol. The van der Waals surface area contributed by atoms with Gasteiger partial charge in [-0.1, -0.05) is 81.4 Å². The summed E-state index contributed by atoms with van der Waals surface area (Å²) in [7, 11) is 0. The first-order valence-electron chi connectivity index (χ1n) is 13.3. The number of carbonyl (C=O) groups is 2. The van der Waals surface area contributed by atoms with Crippen LogP contribution in [0.15, 0.2) is 72.8 Å². The van der Waals surface area contributed by atoms with Gasteiger partial charge in [-0.05, 0) is 60.7 Å². The van der Waals surface area contributed by atoms with Gasteiger partial charge >= 0.3 is 11.9 Å². The molecule has 0 fully saturated rings. The molecule has 0 aliphatic carbocycles. The van der Waals surface area contributed by atoms with Gasteiger partial charge in [0.1, 0.15) is 24.7 Å². The zero-order valence-corrected chi connectivity index (χ0v) is 23.4. The van der Waals surface area contributed by atoms with Crippen LogP contribution in [0.2, 0.25) is 0 Å². The molecule has 0 amide bonds. The van der Waals surface area contributed by atoms with Gasteiger partial charge in [0.15, 0.2) is 0 Å². The summed E-state index contributed by atoms with van der Waals surface area (Å²) in [5.41, 5.74) is 1.34. The molecule has 0 heterocycles. The molecule has 1 unspecified atom stereocenters. The maximum absolute atomic E-state index is 12.0. The molecule has 0 saturated heterocycles. The highest BCUT2D eigenvalue weighted by Crippen LogP contribution is 2.29. The lowest BCUT2D eigenvalue weighted by Gasteiger charge is -2.20. The zero-order chi connectivity index (χ0) is 28.6. The molecule has 0 saturated carbocycles. The van der Waals surface area contributed by atoms with E-state index in [0.717, 1.165) is 45.5 Å². The fourth-order valence-electron chi connectivity index (χ4n) is 3.91. The predicted octanol–water partition coefficient (Wildman–Crippen LogP) is 7.66. The fraction of sp³-hybridized carbons (Fsp3) is 0.333. The standard InChI is InChI=1S/C17H20O3.C16H18O3/c1-4-17(2,3)16(19)20-11-12-7-5-9-14-13(12)8-6-10-15(14)18;1-3-11(2)16(18)19-10-12-6-4-8-14-13(12)7-5-9-15(14)17/h5-10,18H,4,11H2,1-3H3;4-9,11,17H,3,10H2,1-2H3. The minimum Gasteiger partial charge on any atom is -0.507 e. The number of esters is 2. The molecule has 4 rings (SSSR count). The molecular formula is C33H38O6. The van der Waals surface area contributed by atoms with Gasteiger partial charge in [0, 0.05) is 10.8 Å². The van der Waals surface area contributed by atoms with E-state index in [4.69, 9.17) is 9.47 Å². The second kappa shape index (κ2) is 13.1. The Kier molecular flexibility index (Phi) is 9.94. The number of hydrogen-bond acceptors (Lipinski definition) is 6. The molecule has 0 aliphatic rings. The highest BCUT2D eigenvalue weighted by molar-refractivity contribution is 5.91. The minimum atomic E-state index is -0.466. The molecule has 0 aromatic heterocycles. The highest BCUT2D eigenvalue weighted by atomic mass is 16.5. The van der Waals surface area contributed by atoms with Crippen LogP contribution in [-0.4, -0.2) is 22.2 Å². The van der Waals surface area contributed by atoms with Crippen LogP contribution in [0.3, 0.4) is 0 Å². The third-order valence-electron chi connectivity index (χ3n) is 7.16. The lowest BCUT2D eigenvalue weighted by atomic mass is 9.91. The van der Waals surface area contributed by atoms with Gasteiger partial charge < -0.3 is 19.7 Å². The van der Waals surface area contributed by atoms with Crippen molar-refractivity contribution >= 4 is 33.5 Å².